The van der Waals surface area contributed by atoms with Crippen molar-refractivity contribution in [3.63, 3.8) is 0 Å². The van der Waals surface area contributed by atoms with Crippen LogP contribution in [0.25, 0.3) is 0 Å². The van der Waals surface area contributed by atoms with Crippen molar-refractivity contribution in [2.45, 2.75) is 9.92 Å². The van der Waals surface area contributed by atoms with Crippen LogP contribution in [0.1, 0.15) is 0 Å². The molecule has 16 heavy (non-hydrogen) atoms. The van der Waals surface area contributed by atoms with Gasteiger partial charge in [-0.15, -0.1) is 0 Å². The summed E-state index contributed by atoms with van der Waals surface area (Å²) < 4.78 is 24.0. The molecule has 1 N–H and O–H groups in total. The smallest absolute Gasteiger partial charge is 0.223 e. The highest BCUT2D eigenvalue weighted by Gasteiger charge is 2.18. The first kappa shape index (κ1) is 10.6. The third-order valence-electron chi connectivity index (χ3n) is 2.06. The monoisotopic (exact) mass is 235 g/mol. The van der Waals surface area contributed by atoms with Crippen LogP contribution in [0.2, 0.25) is 0 Å². The molecule has 0 aliphatic rings. The van der Waals surface area contributed by atoms with Crippen LogP contribution in [-0.4, -0.2) is 18.5 Å². The highest BCUT2D eigenvalue weighted by molar-refractivity contribution is 7.91. The third kappa shape index (κ3) is 1.90. The number of nitrogens with zero attached hydrogens (tertiary/aromatic N) is 1. The number of sulfone groups is 1. The molecule has 0 fully saturated rings. The van der Waals surface area contributed by atoms with Gasteiger partial charge in [0.25, 0.3) is 0 Å². The molecule has 0 amide bonds. The standard InChI is InChI=1S/C11H9NO3S/c13-9-4-6-10(7-5-9)16(14,15)11-3-1-2-8-12-11/h1-8,13H. The van der Waals surface area contributed by atoms with Gasteiger partial charge >= 0.3 is 0 Å². The van der Waals surface area contributed by atoms with E-state index in [0.717, 1.165) is 0 Å². The minimum Gasteiger partial charge on any atom is -0.508 e. The molecule has 2 rings (SSSR count). The number of aromatic nitrogens is 1. The van der Waals surface area contributed by atoms with E-state index in [2.05, 4.69) is 4.98 Å². The van der Waals surface area contributed by atoms with Crippen molar-refractivity contribution >= 4 is 9.84 Å². The maximum atomic E-state index is 12.0. The van der Waals surface area contributed by atoms with Crippen molar-refractivity contribution in [1.29, 1.82) is 0 Å². The Labute approximate surface area is 93.1 Å². The van der Waals surface area contributed by atoms with E-state index in [1.54, 1.807) is 12.1 Å². The summed E-state index contributed by atoms with van der Waals surface area (Å²) in [5.74, 6) is 0.0278. The van der Waals surface area contributed by atoms with Gasteiger partial charge in [0, 0.05) is 6.20 Å². The van der Waals surface area contributed by atoms with Crippen LogP contribution >= 0.6 is 0 Å². The summed E-state index contributed by atoms with van der Waals surface area (Å²) in [6, 6.07) is 10.0. The molecule has 82 valence electrons. The molecule has 1 aromatic heterocycles. The summed E-state index contributed by atoms with van der Waals surface area (Å²) in [5.41, 5.74) is 0. The van der Waals surface area contributed by atoms with Crippen molar-refractivity contribution in [3.05, 3.63) is 48.7 Å². The summed E-state index contributed by atoms with van der Waals surface area (Å²) in [6.07, 6.45) is 1.42. The van der Waals surface area contributed by atoms with E-state index >= 15 is 0 Å². The number of pyridine rings is 1. The van der Waals surface area contributed by atoms with Crippen LogP contribution in [0.4, 0.5) is 0 Å². The van der Waals surface area contributed by atoms with Crippen molar-refractivity contribution in [2.24, 2.45) is 0 Å². The second-order valence-electron chi connectivity index (χ2n) is 3.17. The highest BCUT2D eigenvalue weighted by atomic mass is 32.2. The molecule has 0 saturated carbocycles. The molecule has 0 saturated heterocycles. The SMILES string of the molecule is O=S(=O)(c1ccc(O)cc1)c1ccccn1. The summed E-state index contributed by atoms with van der Waals surface area (Å²) in [7, 11) is -3.58. The number of hydrogen-bond donors (Lipinski definition) is 1. The number of hydrogen-bond acceptors (Lipinski definition) is 4. The number of phenols is 1. The first-order valence-corrected chi connectivity index (χ1v) is 6.04. The Morgan fingerprint density at radius 2 is 1.69 bits per heavy atom. The normalized spacial score (nSPS) is 11.2. The second kappa shape index (κ2) is 3.94. The Morgan fingerprint density at radius 3 is 2.25 bits per heavy atom. The Hall–Kier alpha value is -1.88. The van der Waals surface area contributed by atoms with Crippen LogP contribution < -0.4 is 0 Å². The quantitative estimate of drug-likeness (QED) is 0.858. The van der Waals surface area contributed by atoms with Gasteiger partial charge in [-0.2, -0.15) is 0 Å². The van der Waals surface area contributed by atoms with Crippen molar-refractivity contribution in [2.75, 3.05) is 0 Å². The topological polar surface area (TPSA) is 67.3 Å². The Morgan fingerprint density at radius 1 is 1.00 bits per heavy atom. The molecule has 0 aliphatic carbocycles. The molecular formula is C11H9NO3S. The Balaban J connectivity index is 2.52. The molecule has 1 heterocycles. The molecule has 0 spiro atoms. The maximum absolute atomic E-state index is 12.0. The minimum absolute atomic E-state index is 0.000639. The van der Waals surface area contributed by atoms with Crippen molar-refractivity contribution in [3.8, 4) is 5.75 Å². The predicted octanol–water partition coefficient (Wildman–Crippen LogP) is 1.62. The lowest BCUT2D eigenvalue weighted by atomic mass is 10.3. The van der Waals surface area contributed by atoms with E-state index in [1.807, 2.05) is 0 Å². The lowest BCUT2D eigenvalue weighted by Gasteiger charge is -2.02. The van der Waals surface area contributed by atoms with E-state index in [1.165, 1.54) is 36.5 Å². The van der Waals surface area contributed by atoms with Gasteiger partial charge in [-0.3, -0.25) is 0 Å². The first-order chi connectivity index (χ1) is 7.60. The summed E-state index contributed by atoms with van der Waals surface area (Å²) >= 11 is 0. The minimum atomic E-state index is -3.58. The maximum Gasteiger partial charge on any atom is 0.223 e. The summed E-state index contributed by atoms with van der Waals surface area (Å²) in [4.78, 5) is 3.91. The van der Waals surface area contributed by atoms with Gasteiger partial charge in [0.05, 0.1) is 4.90 Å². The van der Waals surface area contributed by atoms with Gasteiger partial charge in [0.15, 0.2) is 5.03 Å². The zero-order valence-electron chi connectivity index (χ0n) is 8.24. The second-order valence-corrected chi connectivity index (χ2v) is 5.06. The van der Waals surface area contributed by atoms with E-state index in [9.17, 15) is 8.42 Å². The first-order valence-electron chi connectivity index (χ1n) is 4.56. The molecular weight excluding hydrogens is 226 g/mol. The average molecular weight is 235 g/mol. The fourth-order valence-corrected chi connectivity index (χ4v) is 2.45. The lowest BCUT2D eigenvalue weighted by Crippen LogP contribution is -2.03. The van der Waals surface area contributed by atoms with E-state index in [4.69, 9.17) is 5.11 Å². The van der Waals surface area contributed by atoms with Gasteiger partial charge < -0.3 is 5.11 Å². The molecule has 0 bridgehead atoms. The largest absolute Gasteiger partial charge is 0.508 e. The zero-order valence-corrected chi connectivity index (χ0v) is 9.05. The Kier molecular flexibility index (Phi) is 2.62. The fourth-order valence-electron chi connectivity index (χ4n) is 1.25. The van der Waals surface area contributed by atoms with Crippen LogP contribution in [0.5, 0.6) is 5.75 Å². The van der Waals surface area contributed by atoms with E-state index in [0.29, 0.717) is 0 Å². The summed E-state index contributed by atoms with van der Waals surface area (Å²) in [6.45, 7) is 0. The lowest BCUT2D eigenvalue weighted by molar-refractivity contribution is 0.475. The van der Waals surface area contributed by atoms with Crippen LogP contribution in [0.3, 0.4) is 0 Å². The molecule has 0 atom stereocenters. The molecule has 0 aliphatic heterocycles. The number of benzene rings is 1. The number of rotatable bonds is 2. The molecule has 0 unspecified atom stereocenters. The van der Waals surface area contributed by atoms with E-state index < -0.39 is 9.84 Å². The van der Waals surface area contributed by atoms with Crippen LogP contribution in [0.15, 0.2) is 58.6 Å². The van der Waals surface area contributed by atoms with E-state index in [-0.39, 0.29) is 15.7 Å². The van der Waals surface area contributed by atoms with Crippen LogP contribution in [0, 0.1) is 0 Å². The third-order valence-corrected chi connectivity index (χ3v) is 3.75. The van der Waals surface area contributed by atoms with Gasteiger partial charge in [-0.1, -0.05) is 6.07 Å². The molecule has 0 radical (unpaired) electrons. The van der Waals surface area contributed by atoms with Crippen molar-refractivity contribution < 1.29 is 13.5 Å². The highest BCUT2D eigenvalue weighted by Crippen LogP contribution is 2.20. The molecule has 5 heteroatoms. The molecule has 4 nitrogen and oxygen atoms in total. The average Bonchev–Trinajstić information content (AvgIpc) is 2.31. The zero-order chi connectivity index (χ0) is 11.6. The Bertz CT molecular complexity index is 576. The van der Waals surface area contributed by atoms with Gasteiger partial charge in [0.1, 0.15) is 5.75 Å². The van der Waals surface area contributed by atoms with Crippen LogP contribution in [-0.2, 0) is 9.84 Å². The number of phenolic OH excluding ortho intramolecular Hbond substituents is 1. The molecule has 1 aromatic carbocycles. The van der Waals surface area contributed by atoms with Gasteiger partial charge in [0.2, 0.25) is 9.84 Å². The number of aromatic hydroxyl groups is 1. The van der Waals surface area contributed by atoms with Gasteiger partial charge in [-0.25, -0.2) is 13.4 Å². The molecule has 2 aromatic rings. The predicted molar refractivity (Wildman–Crippen MR) is 57.8 cm³/mol. The summed E-state index contributed by atoms with van der Waals surface area (Å²) in [5, 5.41) is 9.08. The van der Waals surface area contributed by atoms with Crippen molar-refractivity contribution in [1.82, 2.24) is 4.98 Å². The van der Waals surface area contributed by atoms with Gasteiger partial charge in [-0.05, 0) is 36.4 Å². The fraction of sp³-hybridized carbons (Fsp3) is 0.